The van der Waals surface area contributed by atoms with Crippen molar-refractivity contribution >= 4 is 33.5 Å². The Kier molecular flexibility index (Phi) is 12.1. The third kappa shape index (κ3) is 8.58. The van der Waals surface area contributed by atoms with Gasteiger partial charge in [0.1, 0.15) is 11.5 Å². The van der Waals surface area contributed by atoms with Crippen LogP contribution in [0, 0.1) is 13.8 Å². The first-order chi connectivity index (χ1) is 18.4. The van der Waals surface area contributed by atoms with Crippen LogP contribution in [-0.4, -0.2) is 11.9 Å². The summed E-state index contributed by atoms with van der Waals surface area (Å²) in [6.45, 7) is 8.45. The predicted octanol–water partition coefficient (Wildman–Crippen LogP) is 9.92. The van der Waals surface area contributed by atoms with Crippen molar-refractivity contribution in [3.63, 3.8) is 0 Å². The second-order valence-corrected chi connectivity index (χ2v) is 10.7. The topological polar surface area (TPSA) is 52.6 Å². The summed E-state index contributed by atoms with van der Waals surface area (Å²) in [5.41, 5.74) is 2.11. The maximum atomic E-state index is 12.9. The molecule has 0 radical (unpaired) electrons. The lowest BCUT2D eigenvalue weighted by Gasteiger charge is -2.17. The number of fused-ring (bicyclic) bond motifs is 2. The highest BCUT2D eigenvalue weighted by Gasteiger charge is 2.20. The Morgan fingerprint density at radius 2 is 0.895 bits per heavy atom. The van der Waals surface area contributed by atoms with Crippen LogP contribution in [0.3, 0.4) is 0 Å². The Morgan fingerprint density at radius 3 is 1.32 bits per heavy atom. The van der Waals surface area contributed by atoms with Crippen molar-refractivity contribution in [2.75, 3.05) is 0 Å². The van der Waals surface area contributed by atoms with Gasteiger partial charge in [-0.05, 0) is 38.8 Å². The lowest BCUT2D eigenvalue weighted by atomic mass is 9.97. The van der Waals surface area contributed by atoms with Crippen LogP contribution in [0.4, 0.5) is 0 Å². The van der Waals surface area contributed by atoms with Gasteiger partial charge in [0.25, 0.3) is 0 Å². The molecule has 0 atom stereocenters. The van der Waals surface area contributed by atoms with E-state index in [1.807, 2.05) is 50.2 Å². The average molecular weight is 519 g/mol. The van der Waals surface area contributed by atoms with Gasteiger partial charge in [-0.25, -0.2) is 0 Å². The lowest BCUT2D eigenvalue weighted by molar-refractivity contribution is -0.135. The molecule has 0 saturated heterocycles. The predicted molar refractivity (Wildman–Crippen MR) is 158 cm³/mol. The molecule has 0 aliphatic carbocycles. The number of benzene rings is 3. The van der Waals surface area contributed by atoms with Crippen LogP contribution in [0.5, 0.6) is 11.5 Å². The number of rotatable bonds is 16. The Balaban J connectivity index is 1.85. The molecule has 0 fully saturated rings. The Labute approximate surface area is 229 Å². The third-order valence-electron chi connectivity index (χ3n) is 7.23. The van der Waals surface area contributed by atoms with Crippen molar-refractivity contribution in [3.8, 4) is 11.5 Å². The van der Waals surface area contributed by atoms with E-state index in [0.717, 1.165) is 71.2 Å². The molecule has 38 heavy (non-hydrogen) atoms. The Bertz CT molecular complexity index is 1150. The average Bonchev–Trinajstić information content (AvgIpc) is 2.90. The van der Waals surface area contributed by atoms with Crippen molar-refractivity contribution in [2.24, 2.45) is 0 Å². The first-order valence-corrected chi connectivity index (χ1v) is 14.8. The van der Waals surface area contributed by atoms with Crippen LogP contribution >= 0.6 is 0 Å². The van der Waals surface area contributed by atoms with Crippen molar-refractivity contribution in [3.05, 3.63) is 47.5 Å². The van der Waals surface area contributed by atoms with E-state index in [4.69, 9.17) is 9.47 Å². The van der Waals surface area contributed by atoms with Crippen molar-refractivity contribution in [2.45, 2.75) is 118 Å². The highest BCUT2D eigenvalue weighted by atomic mass is 16.5. The monoisotopic (exact) mass is 518 g/mol. The van der Waals surface area contributed by atoms with E-state index in [1.165, 1.54) is 38.5 Å². The van der Waals surface area contributed by atoms with E-state index in [0.29, 0.717) is 24.3 Å². The number of hydrogen-bond acceptors (Lipinski definition) is 4. The zero-order valence-electron chi connectivity index (χ0n) is 24.0. The number of carbonyl (C=O) groups excluding carboxylic acids is 2. The SMILES string of the molecule is CCCCCCCCC(=O)Oc1c2ccc(C)cc2c(OC(=O)CCCCCCCC)c2cc(C)ccc12. The Hall–Kier alpha value is -2.88. The molecule has 0 saturated carbocycles. The number of aryl methyl sites for hydroxylation is 2. The van der Waals surface area contributed by atoms with Gasteiger partial charge in [-0.1, -0.05) is 113 Å². The maximum Gasteiger partial charge on any atom is 0.311 e. The number of carbonyl (C=O) groups is 2. The van der Waals surface area contributed by atoms with Gasteiger partial charge in [0.05, 0.1) is 0 Å². The minimum absolute atomic E-state index is 0.209. The van der Waals surface area contributed by atoms with Crippen LogP contribution in [0.15, 0.2) is 36.4 Å². The largest absolute Gasteiger partial charge is 0.425 e. The highest BCUT2D eigenvalue weighted by Crippen LogP contribution is 2.44. The van der Waals surface area contributed by atoms with E-state index >= 15 is 0 Å². The maximum absolute atomic E-state index is 12.9. The minimum atomic E-state index is -0.211. The molecular formula is C34H46O4. The van der Waals surface area contributed by atoms with Crippen LogP contribution in [-0.2, 0) is 9.59 Å². The normalized spacial score (nSPS) is 11.3. The molecular weight excluding hydrogens is 472 g/mol. The molecule has 0 heterocycles. The third-order valence-corrected chi connectivity index (χ3v) is 7.23. The van der Waals surface area contributed by atoms with E-state index < -0.39 is 0 Å². The molecule has 3 rings (SSSR count). The number of ether oxygens (including phenoxy) is 2. The number of hydrogen-bond donors (Lipinski definition) is 0. The zero-order valence-corrected chi connectivity index (χ0v) is 24.0. The Morgan fingerprint density at radius 1 is 0.526 bits per heavy atom. The van der Waals surface area contributed by atoms with Gasteiger partial charge in [0, 0.05) is 34.4 Å². The van der Waals surface area contributed by atoms with Crippen molar-refractivity contribution in [1.82, 2.24) is 0 Å². The summed E-state index contributed by atoms with van der Waals surface area (Å²) >= 11 is 0. The number of unbranched alkanes of at least 4 members (excludes halogenated alkanes) is 10. The van der Waals surface area contributed by atoms with E-state index in [2.05, 4.69) is 13.8 Å². The van der Waals surface area contributed by atoms with Crippen LogP contribution in [0.25, 0.3) is 21.5 Å². The van der Waals surface area contributed by atoms with E-state index in [-0.39, 0.29) is 11.9 Å². The zero-order chi connectivity index (χ0) is 27.3. The fraction of sp³-hybridized carbons (Fsp3) is 0.529. The van der Waals surface area contributed by atoms with Gasteiger partial charge in [-0.15, -0.1) is 0 Å². The summed E-state index contributed by atoms with van der Waals surface area (Å²) in [6, 6.07) is 12.0. The molecule has 206 valence electrons. The van der Waals surface area contributed by atoms with Crippen LogP contribution in [0.2, 0.25) is 0 Å². The smallest absolute Gasteiger partial charge is 0.311 e. The summed E-state index contributed by atoms with van der Waals surface area (Å²) in [6.07, 6.45) is 14.3. The van der Waals surface area contributed by atoms with Gasteiger partial charge in [0.2, 0.25) is 0 Å². The molecule has 0 spiro atoms. The molecule has 3 aromatic rings. The molecule has 4 nitrogen and oxygen atoms in total. The molecule has 0 unspecified atom stereocenters. The molecule has 0 N–H and O–H groups in total. The second kappa shape index (κ2) is 15.5. The summed E-state index contributed by atoms with van der Waals surface area (Å²) in [5, 5.41) is 3.21. The van der Waals surface area contributed by atoms with Gasteiger partial charge >= 0.3 is 11.9 Å². The summed E-state index contributed by atoms with van der Waals surface area (Å²) in [7, 11) is 0. The van der Waals surface area contributed by atoms with Crippen LogP contribution < -0.4 is 9.47 Å². The minimum Gasteiger partial charge on any atom is -0.425 e. The highest BCUT2D eigenvalue weighted by molar-refractivity contribution is 6.13. The van der Waals surface area contributed by atoms with Crippen LogP contribution in [0.1, 0.15) is 115 Å². The first kappa shape index (κ1) is 29.7. The van der Waals surface area contributed by atoms with Gasteiger partial charge < -0.3 is 9.47 Å². The molecule has 0 aromatic heterocycles. The summed E-state index contributed by atoms with van der Waals surface area (Å²) in [4.78, 5) is 25.8. The van der Waals surface area contributed by atoms with E-state index in [1.54, 1.807) is 0 Å². The lowest BCUT2D eigenvalue weighted by Crippen LogP contribution is -2.11. The fourth-order valence-corrected chi connectivity index (χ4v) is 5.03. The summed E-state index contributed by atoms with van der Waals surface area (Å²) in [5.74, 6) is 0.701. The van der Waals surface area contributed by atoms with Crippen molar-refractivity contribution < 1.29 is 19.1 Å². The second-order valence-electron chi connectivity index (χ2n) is 10.7. The molecule has 3 aromatic carbocycles. The molecule has 0 aliphatic rings. The van der Waals surface area contributed by atoms with Gasteiger partial charge in [-0.3, -0.25) is 9.59 Å². The first-order valence-electron chi connectivity index (χ1n) is 14.8. The molecule has 0 amide bonds. The summed E-state index contributed by atoms with van der Waals surface area (Å²) < 4.78 is 12.1. The van der Waals surface area contributed by atoms with Gasteiger partial charge in [0.15, 0.2) is 0 Å². The van der Waals surface area contributed by atoms with E-state index in [9.17, 15) is 9.59 Å². The quantitative estimate of drug-likeness (QED) is 0.0819. The molecule has 0 aliphatic heterocycles. The van der Waals surface area contributed by atoms with Crippen molar-refractivity contribution in [1.29, 1.82) is 0 Å². The number of esters is 2. The molecule has 4 heteroatoms. The fourth-order valence-electron chi connectivity index (χ4n) is 5.03. The standard InChI is InChI=1S/C34H46O4/c1-5-7-9-11-13-15-17-31(35)37-33-27-21-19-25(3)23-29(27)34(30-24-26(4)20-22-28(30)33)38-32(36)18-16-14-12-10-8-6-2/h19-24H,5-18H2,1-4H3. The molecule has 0 bridgehead atoms. The van der Waals surface area contributed by atoms with Gasteiger partial charge in [-0.2, -0.15) is 0 Å².